The van der Waals surface area contributed by atoms with Gasteiger partial charge in [0, 0.05) is 12.0 Å². The molecule has 0 heterocycles. The van der Waals surface area contributed by atoms with Gasteiger partial charge in [-0.15, -0.1) is 0 Å². The first kappa shape index (κ1) is 19.4. The number of nitriles is 1. The Kier molecular flexibility index (Phi) is 4.76. The zero-order valence-corrected chi connectivity index (χ0v) is 16.4. The molecule has 1 unspecified atom stereocenters. The Labute approximate surface area is 159 Å². The van der Waals surface area contributed by atoms with Gasteiger partial charge in [-0.05, 0) is 48.4 Å². The van der Waals surface area contributed by atoms with Crippen LogP contribution in [0.25, 0.3) is 0 Å². The molecule has 1 aromatic carbocycles. The number of nitrogens with zero attached hydrogens (tertiary/aromatic N) is 2. The lowest BCUT2D eigenvalue weighted by Crippen LogP contribution is -2.42. The standard InChI is InChI=1S/C19H22N2O5S/c1-18(2)14-8-9-19(18,17(22)10-14)12-27(23,24)26-21-16(11-20)13-4-6-15(25-3)7-5-13/h4-7,14H,8-10,12H2,1-3H3/b21-16+/t14?,19-/m0/s1. The number of rotatable bonds is 6. The van der Waals surface area contributed by atoms with Crippen molar-refractivity contribution in [2.75, 3.05) is 12.9 Å². The number of carbonyl (C=O) groups is 1. The van der Waals surface area contributed by atoms with Crippen molar-refractivity contribution < 1.29 is 22.2 Å². The van der Waals surface area contributed by atoms with Crippen LogP contribution in [-0.2, 0) is 19.2 Å². The van der Waals surface area contributed by atoms with Crippen molar-refractivity contribution >= 4 is 21.6 Å². The minimum Gasteiger partial charge on any atom is -0.497 e. The van der Waals surface area contributed by atoms with Gasteiger partial charge in [0.1, 0.15) is 23.4 Å². The molecule has 27 heavy (non-hydrogen) atoms. The van der Waals surface area contributed by atoms with E-state index in [-0.39, 0.29) is 17.4 Å². The normalized spacial score (nSPS) is 26.7. The minimum absolute atomic E-state index is 0.0180. The summed E-state index contributed by atoms with van der Waals surface area (Å²) in [5.74, 6) is 0.377. The molecule has 8 heteroatoms. The van der Waals surface area contributed by atoms with Crippen molar-refractivity contribution in [1.29, 1.82) is 5.26 Å². The van der Waals surface area contributed by atoms with E-state index in [1.54, 1.807) is 24.3 Å². The van der Waals surface area contributed by atoms with Crippen LogP contribution >= 0.6 is 0 Å². The molecule has 3 rings (SSSR count). The maximum absolute atomic E-state index is 12.5. The summed E-state index contributed by atoms with van der Waals surface area (Å²) in [5.41, 5.74) is -1.08. The lowest BCUT2D eigenvalue weighted by molar-refractivity contribution is -0.128. The Morgan fingerprint density at radius 2 is 2.00 bits per heavy atom. The van der Waals surface area contributed by atoms with Crippen LogP contribution in [0.2, 0.25) is 0 Å². The van der Waals surface area contributed by atoms with Gasteiger partial charge in [0.15, 0.2) is 5.71 Å². The molecule has 2 saturated carbocycles. The largest absolute Gasteiger partial charge is 0.497 e. The second-order valence-corrected chi connectivity index (χ2v) is 9.28. The van der Waals surface area contributed by atoms with Crippen LogP contribution in [0.4, 0.5) is 0 Å². The quantitative estimate of drug-likeness (QED) is 0.546. The van der Waals surface area contributed by atoms with Crippen molar-refractivity contribution in [3.8, 4) is 11.8 Å². The first-order chi connectivity index (χ1) is 12.6. The molecule has 0 radical (unpaired) electrons. The van der Waals surface area contributed by atoms with Crippen LogP contribution < -0.4 is 4.74 Å². The van der Waals surface area contributed by atoms with E-state index in [2.05, 4.69) is 5.16 Å². The Balaban J connectivity index is 1.80. The average Bonchev–Trinajstić information content (AvgIpc) is 2.96. The minimum atomic E-state index is -4.12. The van der Waals surface area contributed by atoms with Gasteiger partial charge in [0.05, 0.1) is 12.5 Å². The molecule has 2 bridgehead atoms. The van der Waals surface area contributed by atoms with E-state index in [4.69, 9.17) is 9.02 Å². The Morgan fingerprint density at radius 3 is 2.48 bits per heavy atom. The highest BCUT2D eigenvalue weighted by Crippen LogP contribution is 2.64. The first-order valence-electron chi connectivity index (χ1n) is 8.72. The van der Waals surface area contributed by atoms with Crippen LogP contribution in [0.1, 0.15) is 38.7 Å². The van der Waals surface area contributed by atoms with E-state index in [1.807, 2.05) is 19.9 Å². The summed E-state index contributed by atoms with van der Waals surface area (Å²) in [4.78, 5) is 12.5. The van der Waals surface area contributed by atoms with E-state index in [0.29, 0.717) is 24.2 Å². The Bertz CT molecular complexity index is 928. The van der Waals surface area contributed by atoms with Crippen LogP contribution in [-0.4, -0.2) is 32.8 Å². The fourth-order valence-corrected chi connectivity index (χ4v) is 5.94. The molecule has 2 aliphatic rings. The number of hydrogen-bond donors (Lipinski definition) is 0. The lowest BCUT2D eigenvalue weighted by Gasteiger charge is -2.35. The summed E-state index contributed by atoms with van der Waals surface area (Å²) in [6.07, 6.45) is 1.80. The second-order valence-electron chi connectivity index (χ2n) is 7.72. The molecule has 0 N–H and O–H groups in total. The molecule has 2 aliphatic carbocycles. The third kappa shape index (κ3) is 3.21. The molecule has 1 aromatic rings. The van der Waals surface area contributed by atoms with Gasteiger partial charge in [-0.3, -0.25) is 9.08 Å². The van der Waals surface area contributed by atoms with Gasteiger partial charge in [-0.1, -0.05) is 19.0 Å². The number of hydrogen-bond acceptors (Lipinski definition) is 7. The summed E-state index contributed by atoms with van der Waals surface area (Å²) >= 11 is 0. The highest BCUT2D eigenvalue weighted by atomic mass is 32.2. The number of methoxy groups -OCH3 is 1. The molecule has 0 spiro atoms. The fourth-order valence-electron chi connectivity index (χ4n) is 4.42. The summed E-state index contributed by atoms with van der Waals surface area (Å²) in [6, 6.07) is 8.27. The molecular formula is C19H22N2O5S. The second kappa shape index (κ2) is 6.64. The number of ether oxygens (including phenoxy) is 1. The Hall–Kier alpha value is -2.40. The molecule has 144 valence electrons. The zero-order valence-electron chi connectivity index (χ0n) is 15.6. The third-order valence-corrected chi connectivity index (χ3v) is 7.42. The van der Waals surface area contributed by atoms with Gasteiger partial charge in [-0.25, -0.2) is 0 Å². The van der Waals surface area contributed by atoms with Gasteiger partial charge in [0.2, 0.25) is 0 Å². The first-order valence-corrected chi connectivity index (χ1v) is 10.3. The van der Waals surface area contributed by atoms with Gasteiger partial charge < -0.3 is 4.74 Å². The van der Waals surface area contributed by atoms with Crippen LogP contribution in [0, 0.1) is 28.1 Å². The number of oxime groups is 1. The number of fused-ring (bicyclic) bond motifs is 2. The fraction of sp³-hybridized carbons (Fsp3) is 0.526. The highest BCUT2D eigenvalue weighted by molar-refractivity contribution is 7.86. The summed E-state index contributed by atoms with van der Waals surface area (Å²) in [5, 5.41) is 12.8. The number of ketones is 1. The molecule has 0 aromatic heterocycles. The van der Waals surface area contributed by atoms with Crippen molar-refractivity contribution in [2.24, 2.45) is 21.9 Å². The smallest absolute Gasteiger partial charge is 0.329 e. The van der Waals surface area contributed by atoms with Gasteiger partial charge in [0.25, 0.3) is 0 Å². The Morgan fingerprint density at radius 1 is 1.33 bits per heavy atom. The van der Waals surface area contributed by atoms with E-state index in [9.17, 15) is 18.5 Å². The van der Waals surface area contributed by atoms with Crippen molar-refractivity contribution in [3.63, 3.8) is 0 Å². The summed E-state index contributed by atoms with van der Waals surface area (Å²) in [6.45, 7) is 3.90. The lowest BCUT2D eigenvalue weighted by atomic mass is 9.70. The van der Waals surface area contributed by atoms with Gasteiger partial charge in [-0.2, -0.15) is 13.7 Å². The predicted octanol–water partition coefficient (Wildman–Crippen LogP) is 2.66. The molecule has 0 saturated heterocycles. The maximum Gasteiger partial charge on any atom is 0.329 e. The van der Waals surface area contributed by atoms with Gasteiger partial charge >= 0.3 is 10.1 Å². The predicted molar refractivity (Wildman–Crippen MR) is 98.6 cm³/mol. The topological polar surface area (TPSA) is 106 Å². The molecule has 0 aliphatic heterocycles. The third-order valence-electron chi connectivity index (χ3n) is 6.27. The monoisotopic (exact) mass is 390 g/mol. The maximum atomic E-state index is 12.5. The summed E-state index contributed by atoms with van der Waals surface area (Å²) in [7, 11) is -2.61. The summed E-state index contributed by atoms with van der Waals surface area (Å²) < 4.78 is 34.9. The molecule has 7 nitrogen and oxygen atoms in total. The number of Topliss-reactive ketones (excluding diaryl/α,β-unsaturated/α-hetero) is 1. The molecule has 0 amide bonds. The SMILES string of the molecule is COc1ccc(/C(C#N)=N/OS(=O)(=O)C[C@@]23CCC(CC2=O)C3(C)C)cc1. The van der Waals surface area contributed by atoms with E-state index in [1.165, 1.54) is 7.11 Å². The number of carbonyl (C=O) groups excluding carboxylic acids is 1. The van der Waals surface area contributed by atoms with Crippen LogP contribution in [0.15, 0.2) is 29.4 Å². The van der Waals surface area contributed by atoms with Crippen molar-refractivity contribution in [2.45, 2.75) is 33.1 Å². The average molecular weight is 390 g/mol. The highest BCUT2D eigenvalue weighted by Gasteiger charge is 2.65. The molecular weight excluding hydrogens is 368 g/mol. The molecule has 2 fully saturated rings. The van der Waals surface area contributed by atoms with E-state index in [0.717, 1.165) is 6.42 Å². The van der Waals surface area contributed by atoms with Crippen LogP contribution in [0.5, 0.6) is 5.75 Å². The van der Waals surface area contributed by atoms with Crippen molar-refractivity contribution in [3.05, 3.63) is 29.8 Å². The van der Waals surface area contributed by atoms with E-state index < -0.39 is 26.7 Å². The van der Waals surface area contributed by atoms with Crippen molar-refractivity contribution in [1.82, 2.24) is 0 Å². The molecule has 2 atom stereocenters. The van der Waals surface area contributed by atoms with Crippen LogP contribution in [0.3, 0.4) is 0 Å². The zero-order chi connectivity index (χ0) is 19.9. The van der Waals surface area contributed by atoms with E-state index >= 15 is 0 Å². The number of benzene rings is 1.